The van der Waals surface area contributed by atoms with Crippen LogP contribution in [0.15, 0.2) is 17.6 Å². The maximum Gasteiger partial charge on any atom is 0.191 e. The lowest BCUT2D eigenvalue weighted by molar-refractivity contribution is 0.471. The summed E-state index contributed by atoms with van der Waals surface area (Å²) >= 11 is 1.44. The number of nitrogen functional groups attached to an aromatic ring is 2. The van der Waals surface area contributed by atoms with Gasteiger partial charge in [0.05, 0.1) is 5.75 Å². The number of hydrogen-bond acceptors (Lipinski definition) is 7. The topological polar surface area (TPSA) is 109 Å². The molecule has 0 unspecified atom stereocenters. The minimum Gasteiger partial charge on any atom is -0.383 e. The van der Waals surface area contributed by atoms with Gasteiger partial charge in [0.1, 0.15) is 23.8 Å². The molecule has 0 saturated heterocycles. The molecule has 102 valence electrons. The fourth-order valence-corrected chi connectivity index (χ4v) is 2.38. The van der Waals surface area contributed by atoms with Gasteiger partial charge in [0.2, 0.25) is 0 Å². The van der Waals surface area contributed by atoms with Crippen molar-refractivity contribution in [1.82, 2.24) is 24.7 Å². The van der Waals surface area contributed by atoms with E-state index >= 15 is 0 Å². The Labute approximate surface area is 115 Å². The number of thioether (sulfide) groups is 1. The summed E-state index contributed by atoms with van der Waals surface area (Å²) < 4.78 is 1.90. The molecule has 0 aromatic carbocycles. The molecule has 0 saturated carbocycles. The highest BCUT2D eigenvalue weighted by Gasteiger charge is 2.08. The lowest BCUT2D eigenvalue weighted by Crippen LogP contribution is -2.09. The minimum atomic E-state index is 0.374. The van der Waals surface area contributed by atoms with Crippen LogP contribution in [0, 0.1) is 5.92 Å². The zero-order valence-electron chi connectivity index (χ0n) is 10.9. The van der Waals surface area contributed by atoms with Gasteiger partial charge in [0.25, 0.3) is 0 Å². The lowest BCUT2D eigenvalue weighted by atomic mass is 10.2. The molecule has 8 heteroatoms. The van der Waals surface area contributed by atoms with Crippen LogP contribution in [-0.2, 0) is 12.3 Å². The number of nitrogens with two attached hydrogens (primary N) is 2. The fourth-order valence-electron chi connectivity index (χ4n) is 1.55. The first-order valence-electron chi connectivity index (χ1n) is 5.94. The lowest BCUT2D eigenvalue weighted by Gasteiger charge is -2.08. The van der Waals surface area contributed by atoms with Crippen LogP contribution >= 0.6 is 11.8 Å². The van der Waals surface area contributed by atoms with Crippen LogP contribution in [0.3, 0.4) is 0 Å². The van der Waals surface area contributed by atoms with Crippen molar-refractivity contribution in [3.63, 3.8) is 0 Å². The van der Waals surface area contributed by atoms with E-state index in [2.05, 4.69) is 33.9 Å². The van der Waals surface area contributed by atoms with E-state index in [1.54, 1.807) is 6.33 Å². The predicted molar refractivity (Wildman–Crippen MR) is 75.3 cm³/mol. The standard InChI is InChI=1S/C11H17N7S/c1-7(2)4-18-10(14-6-15-18)5-19-11-16-8(12)3-9(13)17-11/h3,6-7H,4-5H2,1-2H3,(H4,12,13,16,17). The first-order valence-corrected chi connectivity index (χ1v) is 6.92. The predicted octanol–water partition coefficient (Wildman–Crippen LogP) is 1.18. The van der Waals surface area contributed by atoms with Gasteiger partial charge in [0.15, 0.2) is 5.16 Å². The molecule has 0 fully saturated rings. The Kier molecular flexibility index (Phi) is 4.20. The molecule has 0 aliphatic carbocycles. The van der Waals surface area contributed by atoms with Crippen LogP contribution in [0.2, 0.25) is 0 Å². The van der Waals surface area contributed by atoms with Crippen LogP contribution in [-0.4, -0.2) is 24.7 Å². The van der Waals surface area contributed by atoms with E-state index in [0.717, 1.165) is 12.4 Å². The van der Waals surface area contributed by atoms with E-state index in [1.165, 1.54) is 17.8 Å². The maximum absolute atomic E-state index is 5.63. The number of hydrogen-bond donors (Lipinski definition) is 2. The Morgan fingerprint density at radius 1 is 1.26 bits per heavy atom. The van der Waals surface area contributed by atoms with Gasteiger partial charge in [-0.2, -0.15) is 5.10 Å². The second-order valence-corrected chi connectivity index (χ2v) is 5.48. The molecule has 19 heavy (non-hydrogen) atoms. The Balaban J connectivity index is 2.04. The molecule has 0 bridgehead atoms. The van der Waals surface area contributed by atoms with Gasteiger partial charge >= 0.3 is 0 Å². The van der Waals surface area contributed by atoms with E-state index < -0.39 is 0 Å². The molecular formula is C11H17N7S. The van der Waals surface area contributed by atoms with E-state index in [0.29, 0.717) is 28.5 Å². The SMILES string of the molecule is CC(C)Cn1ncnc1CSc1nc(N)cc(N)n1. The summed E-state index contributed by atoms with van der Waals surface area (Å²) in [7, 11) is 0. The van der Waals surface area contributed by atoms with Gasteiger partial charge in [-0.25, -0.2) is 19.6 Å². The summed E-state index contributed by atoms with van der Waals surface area (Å²) in [5, 5.41) is 4.76. The zero-order valence-corrected chi connectivity index (χ0v) is 11.8. The highest BCUT2D eigenvalue weighted by Crippen LogP contribution is 2.20. The van der Waals surface area contributed by atoms with Crippen molar-refractivity contribution in [2.75, 3.05) is 11.5 Å². The zero-order chi connectivity index (χ0) is 13.8. The van der Waals surface area contributed by atoms with Crippen LogP contribution in [0.1, 0.15) is 19.7 Å². The summed E-state index contributed by atoms with van der Waals surface area (Å²) in [6.07, 6.45) is 1.56. The first-order chi connectivity index (χ1) is 9.04. The Hall–Kier alpha value is -1.83. The van der Waals surface area contributed by atoms with Crippen molar-refractivity contribution >= 4 is 23.4 Å². The second-order valence-electron chi connectivity index (χ2n) is 4.54. The fraction of sp³-hybridized carbons (Fsp3) is 0.455. The Morgan fingerprint density at radius 3 is 2.58 bits per heavy atom. The van der Waals surface area contributed by atoms with Gasteiger partial charge in [0, 0.05) is 12.6 Å². The van der Waals surface area contributed by atoms with E-state index in [-0.39, 0.29) is 0 Å². The molecule has 7 nitrogen and oxygen atoms in total. The molecule has 2 heterocycles. The average molecular weight is 279 g/mol. The summed E-state index contributed by atoms with van der Waals surface area (Å²) in [5.41, 5.74) is 11.3. The second kappa shape index (κ2) is 5.87. The number of rotatable bonds is 5. The van der Waals surface area contributed by atoms with E-state index in [1.807, 2.05) is 4.68 Å². The van der Waals surface area contributed by atoms with Crippen molar-refractivity contribution in [3.05, 3.63) is 18.2 Å². The molecule has 2 rings (SSSR count). The highest BCUT2D eigenvalue weighted by molar-refractivity contribution is 7.98. The third-order valence-electron chi connectivity index (χ3n) is 2.31. The van der Waals surface area contributed by atoms with Crippen molar-refractivity contribution in [2.45, 2.75) is 31.3 Å². The minimum absolute atomic E-state index is 0.374. The highest BCUT2D eigenvalue weighted by atomic mass is 32.2. The number of nitrogens with zero attached hydrogens (tertiary/aromatic N) is 5. The van der Waals surface area contributed by atoms with Crippen molar-refractivity contribution in [1.29, 1.82) is 0 Å². The summed E-state index contributed by atoms with van der Waals surface area (Å²) in [6, 6.07) is 1.53. The average Bonchev–Trinajstić information content (AvgIpc) is 2.71. The smallest absolute Gasteiger partial charge is 0.191 e. The molecule has 4 N–H and O–H groups in total. The van der Waals surface area contributed by atoms with Crippen molar-refractivity contribution < 1.29 is 0 Å². The van der Waals surface area contributed by atoms with E-state index in [9.17, 15) is 0 Å². The van der Waals surface area contributed by atoms with Crippen LogP contribution in [0.4, 0.5) is 11.6 Å². The molecule has 2 aromatic heterocycles. The normalized spacial score (nSPS) is 11.1. The molecule has 0 spiro atoms. The summed E-state index contributed by atoms with van der Waals surface area (Å²) in [5.74, 6) is 2.79. The third-order valence-corrected chi connectivity index (χ3v) is 3.15. The molecular weight excluding hydrogens is 262 g/mol. The van der Waals surface area contributed by atoms with Crippen LogP contribution in [0.5, 0.6) is 0 Å². The third kappa shape index (κ3) is 3.82. The van der Waals surface area contributed by atoms with Crippen molar-refractivity contribution in [2.24, 2.45) is 5.92 Å². The van der Waals surface area contributed by atoms with E-state index in [4.69, 9.17) is 11.5 Å². The van der Waals surface area contributed by atoms with Gasteiger partial charge in [-0.15, -0.1) is 0 Å². The van der Waals surface area contributed by atoms with Gasteiger partial charge < -0.3 is 11.5 Å². The van der Waals surface area contributed by atoms with Crippen LogP contribution in [0.25, 0.3) is 0 Å². The molecule has 0 aliphatic heterocycles. The molecule has 0 aliphatic rings. The van der Waals surface area contributed by atoms with Gasteiger partial charge in [-0.1, -0.05) is 25.6 Å². The molecule has 2 aromatic rings. The van der Waals surface area contributed by atoms with Gasteiger partial charge in [-0.05, 0) is 5.92 Å². The molecule has 0 radical (unpaired) electrons. The van der Waals surface area contributed by atoms with Crippen molar-refractivity contribution in [3.8, 4) is 0 Å². The molecule has 0 amide bonds. The summed E-state index contributed by atoms with van der Waals surface area (Å²) in [6.45, 7) is 5.12. The Bertz CT molecular complexity index is 531. The Morgan fingerprint density at radius 2 is 1.95 bits per heavy atom. The number of aromatic nitrogens is 5. The monoisotopic (exact) mass is 279 g/mol. The quantitative estimate of drug-likeness (QED) is 0.624. The van der Waals surface area contributed by atoms with Crippen LogP contribution < -0.4 is 11.5 Å². The largest absolute Gasteiger partial charge is 0.383 e. The summed E-state index contributed by atoms with van der Waals surface area (Å²) in [4.78, 5) is 12.5. The number of anilines is 2. The molecule has 0 atom stereocenters. The maximum atomic E-state index is 5.63. The van der Waals surface area contributed by atoms with Gasteiger partial charge in [-0.3, -0.25) is 0 Å². The first kappa shape index (κ1) is 13.6.